The van der Waals surface area contributed by atoms with E-state index in [2.05, 4.69) is 20.8 Å². The minimum atomic E-state index is -4.63. The highest BCUT2D eigenvalue weighted by atomic mass is 35.5. The Morgan fingerprint density at radius 2 is 2.04 bits per heavy atom. The maximum Gasteiger partial charge on any atom is 0.417 e. The van der Waals surface area contributed by atoms with Crippen molar-refractivity contribution in [1.82, 2.24) is 20.2 Å². The summed E-state index contributed by atoms with van der Waals surface area (Å²) in [5.74, 6) is 0. The van der Waals surface area contributed by atoms with Crippen LogP contribution in [0.15, 0.2) is 48.8 Å². The number of tetrazole rings is 1. The van der Waals surface area contributed by atoms with Crippen LogP contribution in [-0.2, 0) is 17.5 Å². The van der Waals surface area contributed by atoms with Crippen molar-refractivity contribution in [1.29, 1.82) is 0 Å². The van der Waals surface area contributed by atoms with E-state index in [1.54, 1.807) is 24.3 Å². The van der Waals surface area contributed by atoms with Gasteiger partial charge >= 0.3 is 12.3 Å². The van der Waals surface area contributed by atoms with Crippen LogP contribution in [0.5, 0.6) is 0 Å². The fourth-order valence-electron chi connectivity index (χ4n) is 2.19. The summed E-state index contributed by atoms with van der Waals surface area (Å²) in [5, 5.41) is 12.6. The molecular weight excluding hydrogens is 387 g/mol. The number of nitrogens with one attached hydrogen (secondary N) is 1. The van der Waals surface area contributed by atoms with Crippen molar-refractivity contribution in [3.63, 3.8) is 0 Å². The number of rotatable bonds is 4. The van der Waals surface area contributed by atoms with Crippen LogP contribution in [0.2, 0.25) is 5.02 Å². The fraction of sp³-hybridized carbons (Fsp3) is 0.125. The molecule has 0 unspecified atom stereocenters. The molecular formula is C16H11ClF3N5O2. The number of carbonyl (C=O) groups is 1. The van der Waals surface area contributed by atoms with Gasteiger partial charge in [0.05, 0.1) is 16.3 Å². The molecule has 0 fully saturated rings. The zero-order chi connectivity index (χ0) is 19.4. The number of anilines is 1. The number of amides is 1. The van der Waals surface area contributed by atoms with Crippen LogP contribution in [0, 0.1) is 0 Å². The van der Waals surface area contributed by atoms with Gasteiger partial charge in [-0.1, -0.05) is 23.7 Å². The number of hydrogen-bond donors (Lipinski definition) is 1. The number of alkyl halides is 3. The van der Waals surface area contributed by atoms with E-state index in [4.69, 9.17) is 16.3 Å². The molecule has 11 heteroatoms. The Labute approximate surface area is 155 Å². The lowest BCUT2D eigenvalue weighted by Gasteiger charge is -2.12. The Kier molecular flexibility index (Phi) is 5.26. The highest BCUT2D eigenvalue weighted by Gasteiger charge is 2.33. The number of hydrogen-bond acceptors (Lipinski definition) is 5. The van der Waals surface area contributed by atoms with E-state index in [0.717, 1.165) is 12.1 Å². The molecule has 1 N–H and O–H groups in total. The minimum Gasteiger partial charge on any atom is -0.444 e. The van der Waals surface area contributed by atoms with Crippen LogP contribution >= 0.6 is 11.6 Å². The number of carbonyl (C=O) groups excluding carboxylic acids is 1. The van der Waals surface area contributed by atoms with Gasteiger partial charge in [-0.25, -0.2) is 9.48 Å². The molecule has 0 saturated carbocycles. The molecule has 1 amide bonds. The van der Waals surface area contributed by atoms with Gasteiger partial charge in [0.1, 0.15) is 12.9 Å². The summed E-state index contributed by atoms with van der Waals surface area (Å²) in [7, 11) is 0. The van der Waals surface area contributed by atoms with E-state index in [0.29, 0.717) is 11.3 Å². The Hall–Kier alpha value is -3.14. The van der Waals surface area contributed by atoms with Gasteiger partial charge in [-0.15, -0.1) is 5.10 Å². The SMILES string of the molecule is O=C(Nc1ccc(Cl)c(C(F)(F)F)c1)OCc1cccc(-n2cnnn2)c1. The zero-order valence-corrected chi connectivity index (χ0v) is 14.2. The predicted molar refractivity (Wildman–Crippen MR) is 89.4 cm³/mol. The zero-order valence-electron chi connectivity index (χ0n) is 13.4. The molecule has 0 bridgehead atoms. The van der Waals surface area contributed by atoms with Crippen LogP contribution in [0.3, 0.4) is 0 Å². The van der Waals surface area contributed by atoms with E-state index < -0.39 is 22.9 Å². The third-order valence-corrected chi connectivity index (χ3v) is 3.74. The van der Waals surface area contributed by atoms with Gasteiger partial charge in [0, 0.05) is 5.69 Å². The predicted octanol–water partition coefficient (Wildman–Crippen LogP) is 4.08. The molecule has 0 aliphatic heterocycles. The summed E-state index contributed by atoms with van der Waals surface area (Å²) < 4.78 is 45.0. The number of nitrogens with zero attached hydrogens (tertiary/aromatic N) is 4. The lowest BCUT2D eigenvalue weighted by molar-refractivity contribution is -0.137. The molecule has 0 aliphatic carbocycles. The highest BCUT2D eigenvalue weighted by Crippen LogP contribution is 2.36. The van der Waals surface area contributed by atoms with Gasteiger partial charge in [-0.05, 0) is 46.3 Å². The lowest BCUT2D eigenvalue weighted by atomic mass is 10.2. The Morgan fingerprint density at radius 3 is 2.74 bits per heavy atom. The second-order valence-corrected chi connectivity index (χ2v) is 5.73. The van der Waals surface area contributed by atoms with Gasteiger partial charge in [-0.2, -0.15) is 13.2 Å². The highest BCUT2D eigenvalue weighted by molar-refractivity contribution is 6.31. The molecule has 0 radical (unpaired) electrons. The fourth-order valence-corrected chi connectivity index (χ4v) is 2.42. The van der Waals surface area contributed by atoms with Crippen molar-refractivity contribution in [2.24, 2.45) is 0 Å². The molecule has 1 heterocycles. The van der Waals surface area contributed by atoms with Crippen LogP contribution in [0.25, 0.3) is 5.69 Å². The van der Waals surface area contributed by atoms with E-state index in [1.807, 2.05) is 0 Å². The first-order chi connectivity index (χ1) is 12.8. The van der Waals surface area contributed by atoms with Crippen molar-refractivity contribution in [3.05, 3.63) is 64.9 Å². The second-order valence-electron chi connectivity index (χ2n) is 5.32. The van der Waals surface area contributed by atoms with Crippen LogP contribution in [-0.4, -0.2) is 26.3 Å². The molecule has 0 aliphatic rings. The molecule has 0 spiro atoms. The van der Waals surface area contributed by atoms with Crippen molar-refractivity contribution >= 4 is 23.4 Å². The largest absolute Gasteiger partial charge is 0.444 e. The number of halogens is 4. The first-order valence-electron chi connectivity index (χ1n) is 7.46. The Bertz CT molecular complexity index is 947. The van der Waals surface area contributed by atoms with Crippen molar-refractivity contribution in [2.75, 3.05) is 5.32 Å². The summed E-state index contributed by atoms with van der Waals surface area (Å²) in [4.78, 5) is 11.9. The molecule has 27 heavy (non-hydrogen) atoms. The standard InChI is InChI=1S/C16H11ClF3N5O2/c17-14-5-4-11(7-13(14)16(18,19)20)22-15(26)27-8-10-2-1-3-12(6-10)25-9-21-23-24-25/h1-7,9H,8H2,(H,22,26). The quantitative estimate of drug-likeness (QED) is 0.717. The average molecular weight is 398 g/mol. The molecule has 0 atom stereocenters. The Morgan fingerprint density at radius 1 is 1.22 bits per heavy atom. The summed E-state index contributed by atoms with van der Waals surface area (Å²) in [6, 6.07) is 9.93. The van der Waals surface area contributed by atoms with E-state index in [1.165, 1.54) is 17.1 Å². The molecule has 1 aromatic heterocycles. The van der Waals surface area contributed by atoms with E-state index in [9.17, 15) is 18.0 Å². The van der Waals surface area contributed by atoms with Gasteiger partial charge in [0.25, 0.3) is 0 Å². The minimum absolute atomic E-state index is 0.0841. The summed E-state index contributed by atoms with van der Waals surface area (Å²) in [6.07, 6.45) is -4.13. The van der Waals surface area contributed by atoms with Gasteiger partial charge in [-0.3, -0.25) is 5.32 Å². The smallest absolute Gasteiger partial charge is 0.417 e. The third kappa shape index (κ3) is 4.73. The van der Waals surface area contributed by atoms with Crippen molar-refractivity contribution in [3.8, 4) is 5.69 Å². The van der Waals surface area contributed by atoms with Crippen LogP contribution in [0.1, 0.15) is 11.1 Å². The normalized spacial score (nSPS) is 11.3. The van der Waals surface area contributed by atoms with E-state index in [-0.39, 0.29) is 12.3 Å². The maximum atomic E-state index is 12.8. The summed E-state index contributed by atoms with van der Waals surface area (Å²) in [6.45, 7) is -0.0957. The number of benzene rings is 2. The topological polar surface area (TPSA) is 81.9 Å². The number of aromatic nitrogens is 4. The van der Waals surface area contributed by atoms with Gasteiger partial charge in [0.15, 0.2) is 0 Å². The Balaban J connectivity index is 1.63. The molecule has 3 rings (SSSR count). The molecule has 140 valence electrons. The third-order valence-electron chi connectivity index (χ3n) is 3.41. The van der Waals surface area contributed by atoms with Gasteiger partial charge in [0.2, 0.25) is 0 Å². The van der Waals surface area contributed by atoms with Gasteiger partial charge < -0.3 is 4.74 Å². The molecule has 3 aromatic rings. The summed E-state index contributed by atoms with van der Waals surface area (Å²) in [5.41, 5.74) is 0.176. The van der Waals surface area contributed by atoms with Crippen molar-refractivity contribution in [2.45, 2.75) is 12.8 Å². The first kappa shape index (κ1) is 18.6. The van der Waals surface area contributed by atoms with Crippen molar-refractivity contribution < 1.29 is 22.7 Å². The molecule has 2 aromatic carbocycles. The number of ether oxygens (including phenoxy) is 1. The lowest BCUT2D eigenvalue weighted by Crippen LogP contribution is -2.15. The van der Waals surface area contributed by atoms with E-state index >= 15 is 0 Å². The maximum absolute atomic E-state index is 12.8. The second kappa shape index (κ2) is 7.62. The average Bonchev–Trinajstić information content (AvgIpc) is 3.16. The first-order valence-corrected chi connectivity index (χ1v) is 7.83. The summed E-state index contributed by atoms with van der Waals surface area (Å²) >= 11 is 5.54. The van der Waals surface area contributed by atoms with Crippen LogP contribution < -0.4 is 5.32 Å². The monoisotopic (exact) mass is 397 g/mol. The molecule has 7 nitrogen and oxygen atoms in total. The molecule has 0 saturated heterocycles. The van der Waals surface area contributed by atoms with Crippen LogP contribution in [0.4, 0.5) is 23.7 Å².